The second-order valence-corrected chi connectivity index (χ2v) is 9.00. The molecule has 2 heterocycles. The maximum absolute atomic E-state index is 14.3. The molecular formula is C27H22F5N3O3. The fourth-order valence-corrected chi connectivity index (χ4v) is 4.57. The molecule has 2 aliphatic heterocycles. The summed E-state index contributed by atoms with van der Waals surface area (Å²) < 4.78 is 79.2. The minimum absolute atomic E-state index is 0.00420. The number of amides is 1. The zero-order chi connectivity index (χ0) is 27.2. The smallest absolute Gasteiger partial charge is 0.416 e. The normalized spacial score (nSPS) is 17.1. The van der Waals surface area contributed by atoms with Gasteiger partial charge in [-0.25, -0.2) is 13.8 Å². The van der Waals surface area contributed by atoms with Gasteiger partial charge in [0.15, 0.2) is 5.75 Å². The van der Waals surface area contributed by atoms with E-state index in [-0.39, 0.29) is 36.6 Å². The molecule has 38 heavy (non-hydrogen) atoms. The number of nitrogens with zero attached hydrogens (tertiary/aromatic N) is 3. The number of ether oxygens (including phenoxy) is 2. The maximum atomic E-state index is 14.3. The molecule has 0 saturated carbocycles. The highest BCUT2D eigenvalue weighted by atomic mass is 19.4. The molecule has 1 atom stereocenters. The third-order valence-electron chi connectivity index (χ3n) is 6.51. The number of carbonyl (C=O) groups excluding carboxylic acids is 1. The summed E-state index contributed by atoms with van der Waals surface area (Å²) in [5.41, 5.74) is -0.595. The van der Waals surface area contributed by atoms with Gasteiger partial charge in [0.1, 0.15) is 34.7 Å². The van der Waals surface area contributed by atoms with Crippen molar-refractivity contribution in [3.8, 4) is 17.2 Å². The second-order valence-electron chi connectivity index (χ2n) is 9.00. The van der Waals surface area contributed by atoms with E-state index in [2.05, 4.69) is 4.99 Å². The van der Waals surface area contributed by atoms with Crippen molar-refractivity contribution in [3.05, 3.63) is 82.9 Å². The maximum Gasteiger partial charge on any atom is 0.416 e. The van der Waals surface area contributed by atoms with Gasteiger partial charge in [-0.15, -0.1) is 0 Å². The molecule has 0 aliphatic carbocycles. The van der Waals surface area contributed by atoms with Crippen molar-refractivity contribution in [1.82, 2.24) is 9.80 Å². The van der Waals surface area contributed by atoms with Crippen molar-refractivity contribution in [2.75, 3.05) is 26.7 Å². The number of fused-ring (bicyclic) bond motifs is 2. The van der Waals surface area contributed by atoms with Gasteiger partial charge in [-0.2, -0.15) is 13.2 Å². The summed E-state index contributed by atoms with van der Waals surface area (Å²) in [6, 6.07) is 10.5. The number of carbonyl (C=O) groups is 1. The lowest BCUT2D eigenvalue weighted by Gasteiger charge is -2.41. The lowest BCUT2D eigenvalue weighted by Crippen LogP contribution is -2.55. The molecule has 1 amide bonds. The van der Waals surface area contributed by atoms with E-state index in [4.69, 9.17) is 9.47 Å². The van der Waals surface area contributed by atoms with E-state index in [1.54, 1.807) is 25.1 Å². The van der Waals surface area contributed by atoms with Crippen LogP contribution in [0, 0.1) is 11.6 Å². The summed E-state index contributed by atoms with van der Waals surface area (Å²) in [5.74, 6) is -0.931. The van der Waals surface area contributed by atoms with Gasteiger partial charge in [0, 0.05) is 31.7 Å². The number of hydrogen-bond acceptors (Lipinski definition) is 5. The van der Waals surface area contributed by atoms with Crippen LogP contribution in [0.3, 0.4) is 0 Å². The van der Waals surface area contributed by atoms with E-state index >= 15 is 0 Å². The molecule has 198 valence electrons. The van der Waals surface area contributed by atoms with Crippen LogP contribution in [0.2, 0.25) is 0 Å². The largest absolute Gasteiger partial charge is 0.497 e. The van der Waals surface area contributed by atoms with Crippen LogP contribution in [0.25, 0.3) is 0 Å². The van der Waals surface area contributed by atoms with Gasteiger partial charge in [-0.05, 0) is 55.5 Å². The van der Waals surface area contributed by atoms with Crippen molar-refractivity contribution in [1.29, 1.82) is 0 Å². The zero-order valence-electron chi connectivity index (χ0n) is 20.4. The van der Waals surface area contributed by atoms with Crippen LogP contribution in [-0.4, -0.2) is 54.3 Å². The summed E-state index contributed by atoms with van der Waals surface area (Å²) in [6.45, 7) is 2.44. The highest BCUT2D eigenvalue weighted by Crippen LogP contribution is 2.42. The van der Waals surface area contributed by atoms with E-state index in [1.807, 2.05) is 4.90 Å². The van der Waals surface area contributed by atoms with Crippen LogP contribution >= 0.6 is 0 Å². The Hall–Kier alpha value is -4.15. The summed E-state index contributed by atoms with van der Waals surface area (Å²) in [7, 11) is 1.49. The Balaban J connectivity index is 1.51. The van der Waals surface area contributed by atoms with Gasteiger partial charge < -0.3 is 19.3 Å². The Morgan fingerprint density at radius 1 is 1.03 bits per heavy atom. The number of hydrogen-bond donors (Lipinski definition) is 0. The van der Waals surface area contributed by atoms with Crippen molar-refractivity contribution < 1.29 is 36.2 Å². The number of alkyl halides is 3. The van der Waals surface area contributed by atoms with Crippen molar-refractivity contribution in [2.24, 2.45) is 4.99 Å². The number of halogens is 5. The second kappa shape index (κ2) is 9.62. The molecule has 0 bridgehead atoms. The van der Waals surface area contributed by atoms with Crippen LogP contribution in [0.4, 0.5) is 27.6 Å². The first-order chi connectivity index (χ1) is 18.0. The van der Waals surface area contributed by atoms with Gasteiger partial charge in [0.25, 0.3) is 5.91 Å². The van der Waals surface area contributed by atoms with Crippen LogP contribution < -0.4 is 9.47 Å². The molecule has 6 nitrogen and oxygen atoms in total. The van der Waals surface area contributed by atoms with E-state index in [0.29, 0.717) is 29.0 Å². The molecule has 0 aromatic heterocycles. The first-order valence-corrected chi connectivity index (χ1v) is 11.7. The lowest BCUT2D eigenvalue weighted by molar-refractivity contribution is -0.137. The van der Waals surface area contributed by atoms with E-state index in [0.717, 1.165) is 24.3 Å². The SMILES string of the molecule is COc1ccc2c(c1)C(N1CCN(C(=O)c3ccc(F)cc3F)[C@@H](C)C1)=Nc1cc(C(F)(F)F)ccc1O2. The van der Waals surface area contributed by atoms with Crippen LogP contribution in [-0.2, 0) is 6.18 Å². The van der Waals surface area contributed by atoms with E-state index < -0.39 is 35.3 Å². The molecule has 1 fully saturated rings. The minimum atomic E-state index is -4.57. The van der Waals surface area contributed by atoms with Gasteiger partial charge >= 0.3 is 6.18 Å². The van der Waals surface area contributed by atoms with Gasteiger partial charge in [0.2, 0.25) is 0 Å². The Morgan fingerprint density at radius 2 is 1.79 bits per heavy atom. The summed E-state index contributed by atoms with van der Waals surface area (Å²) in [5, 5.41) is 0. The molecule has 0 radical (unpaired) electrons. The van der Waals surface area contributed by atoms with Crippen LogP contribution in [0.1, 0.15) is 28.4 Å². The van der Waals surface area contributed by atoms with Crippen LogP contribution in [0.5, 0.6) is 17.2 Å². The Bertz CT molecular complexity index is 1440. The Labute approximate surface area is 214 Å². The van der Waals surface area contributed by atoms with Crippen molar-refractivity contribution in [2.45, 2.75) is 19.1 Å². The zero-order valence-corrected chi connectivity index (χ0v) is 20.4. The Kier molecular flexibility index (Phi) is 6.46. The monoisotopic (exact) mass is 531 g/mol. The number of methoxy groups -OCH3 is 1. The van der Waals surface area contributed by atoms with Crippen molar-refractivity contribution >= 4 is 17.4 Å². The lowest BCUT2D eigenvalue weighted by atomic mass is 10.1. The molecule has 0 N–H and O–H groups in total. The molecule has 2 aliphatic rings. The van der Waals surface area contributed by atoms with Crippen LogP contribution in [0.15, 0.2) is 59.6 Å². The molecular weight excluding hydrogens is 509 g/mol. The van der Waals surface area contributed by atoms with Gasteiger partial charge in [-0.3, -0.25) is 4.79 Å². The average Bonchev–Trinajstić information content (AvgIpc) is 3.03. The fourth-order valence-electron chi connectivity index (χ4n) is 4.57. The number of aliphatic imine (C=N–C) groups is 1. The molecule has 0 spiro atoms. The summed E-state index contributed by atoms with van der Waals surface area (Å²) in [6.07, 6.45) is -4.57. The van der Waals surface area contributed by atoms with Gasteiger partial charge in [-0.1, -0.05) is 0 Å². The predicted octanol–water partition coefficient (Wildman–Crippen LogP) is 6.02. The van der Waals surface area contributed by atoms with Crippen molar-refractivity contribution in [3.63, 3.8) is 0 Å². The molecule has 1 saturated heterocycles. The highest BCUT2D eigenvalue weighted by Gasteiger charge is 2.35. The number of piperazine rings is 1. The highest BCUT2D eigenvalue weighted by molar-refractivity contribution is 6.04. The van der Waals surface area contributed by atoms with E-state index in [1.165, 1.54) is 18.1 Å². The standard InChI is InChI=1S/C27H22F5N3O3/c1-15-14-34(9-10-35(15)26(36)19-6-4-17(28)12-21(19)29)25-20-13-18(37-2)5-8-23(20)38-24-7-3-16(27(30,31)32)11-22(24)33-25/h3-8,11-13,15H,9-10,14H2,1-2H3/t15-/m0/s1. The molecule has 3 aromatic rings. The third kappa shape index (κ3) is 4.75. The molecule has 11 heteroatoms. The topological polar surface area (TPSA) is 54.4 Å². The quantitative estimate of drug-likeness (QED) is 0.380. The predicted molar refractivity (Wildman–Crippen MR) is 129 cm³/mol. The number of amidine groups is 1. The number of rotatable bonds is 2. The Morgan fingerprint density at radius 3 is 2.47 bits per heavy atom. The first-order valence-electron chi connectivity index (χ1n) is 11.7. The van der Waals surface area contributed by atoms with Gasteiger partial charge in [0.05, 0.1) is 23.8 Å². The summed E-state index contributed by atoms with van der Waals surface area (Å²) in [4.78, 5) is 20.9. The third-order valence-corrected chi connectivity index (χ3v) is 6.51. The minimum Gasteiger partial charge on any atom is -0.497 e. The average molecular weight is 531 g/mol. The number of benzene rings is 3. The fraction of sp³-hybridized carbons (Fsp3) is 0.259. The van der Waals surface area contributed by atoms with E-state index in [9.17, 15) is 26.7 Å². The molecule has 0 unspecified atom stereocenters. The molecule has 3 aromatic carbocycles. The summed E-state index contributed by atoms with van der Waals surface area (Å²) >= 11 is 0. The first kappa shape index (κ1) is 25.5. The molecule has 5 rings (SSSR count).